The van der Waals surface area contributed by atoms with Gasteiger partial charge in [0.25, 0.3) is 5.91 Å². The zero-order valence-electron chi connectivity index (χ0n) is 32.4. The van der Waals surface area contributed by atoms with E-state index in [4.69, 9.17) is 15.6 Å². The maximum absolute atomic E-state index is 12.7. The summed E-state index contributed by atoms with van der Waals surface area (Å²) in [4.78, 5) is 38.2. The first kappa shape index (κ1) is 38.8. The largest absolute Gasteiger partial charge is 0.494 e. The van der Waals surface area contributed by atoms with Crippen molar-refractivity contribution >= 4 is 46.1 Å². The standard InChI is InChI=1S/C40H50N6O7/c1-8-31(48)17-19-38(49)53-25-27(24-47)11-9-10-20-41-39(50)28-12-14-29(15-13-28)42-44-33-22-37(52-7)34(23-36(33)51-6)45-43-30-16-18-35-32(21-30)40(3,4)26(2)46(35)5/h12-16,18,21-23,27,47H,2,8-11,17,19-20,24-25H2,1,3-7H3,(H,41,50)/i47D. The molecule has 0 bridgehead atoms. The number of rotatable bonds is 20. The van der Waals surface area contributed by atoms with Crippen LogP contribution in [0.5, 0.6) is 11.5 Å². The highest BCUT2D eigenvalue weighted by molar-refractivity contribution is 5.94. The van der Waals surface area contributed by atoms with E-state index in [1.165, 1.54) is 14.2 Å². The maximum atomic E-state index is 12.7. The van der Waals surface area contributed by atoms with Gasteiger partial charge in [0.05, 0.1) is 38.6 Å². The molecule has 1 aliphatic heterocycles. The molecule has 2 N–H and O–H groups in total. The molecule has 0 spiro atoms. The number of carbonyl (C=O) groups excluding carboxylic acids is 3. The van der Waals surface area contributed by atoms with E-state index in [0.29, 0.717) is 65.6 Å². The number of ketones is 1. The van der Waals surface area contributed by atoms with E-state index >= 15 is 0 Å². The van der Waals surface area contributed by atoms with E-state index in [-0.39, 0.29) is 49.1 Å². The van der Waals surface area contributed by atoms with Crippen LogP contribution in [0.25, 0.3) is 0 Å². The third-order valence-electron chi connectivity index (χ3n) is 9.34. The van der Waals surface area contributed by atoms with Crippen molar-refractivity contribution < 1.29 is 33.7 Å². The number of nitrogens with one attached hydrogen (secondary N) is 1. The Labute approximate surface area is 312 Å². The number of aliphatic hydroxyl groups excluding tert-OH is 1. The Kier molecular flexibility index (Phi) is 13.8. The molecule has 1 aliphatic rings. The zero-order chi connectivity index (χ0) is 39.3. The number of azo groups is 2. The Morgan fingerprint density at radius 1 is 0.925 bits per heavy atom. The average molecular weight is 728 g/mol. The number of esters is 1. The predicted octanol–water partition coefficient (Wildman–Crippen LogP) is 8.59. The molecule has 3 aromatic carbocycles. The van der Waals surface area contributed by atoms with Crippen molar-refractivity contribution in [3.05, 3.63) is 78.0 Å². The Morgan fingerprint density at radius 2 is 1.57 bits per heavy atom. The minimum atomic E-state index is -0.434. The second-order valence-electron chi connectivity index (χ2n) is 13.3. The number of likely N-dealkylation sites (N-methyl/N-ethyl adjacent to an activating group) is 1. The van der Waals surface area contributed by atoms with E-state index < -0.39 is 5.97 Å². The minimum absolute atomic E-state index is 0.0128. The lowest BCUT2D eigenvalue weighted by atomic mass is 9.84. The summed E-state index contributed by atoms with van der Waals surface area (Å²) in [6.45, 7) is 11.0. The van der Waals surface area contributed by atoms with Crippen LogP contribution in [0.4, 0.5) is 28.4 Å². The van der Waals surface area contributed by atoms with Crippen LogP contribution in [0.15, 0.2) is 87.3 Å². The molecule has 0 fully saturated rings. The molecule has 13 nitrogen and oxygen atoms in total. The van der Waals surface area contributed by atoms with Gasteiger partial charge in [0.2, 0.25) is 1.43 Å². The van der Waals surface area contributed by atoms with Crippen LogP contribution in [0, 0.1) is 5.92 Å². The molecule has 0 aliphatic carbocycles. The quantitative estimate of drug-likeness (QED) is 0.0664. The number of nitrogens with zero attached hydrogens (tertiary/aromatic N) is 5. The maximum Gasteiger partial charge on any atom is 0.306 e. The van der Waals surface area contributed by atoms with Crippen molar-refractivity contribution in [1.82, 2.24) is 5.32 Å². The van der Waals surface area contributed by atoms with Crippen molar-refractivity contribution in [3.63, 3.8) is 0 Å². The van der Waals surface area contributed by atoms with Crippen molar-refractivity contribution in [2.75, 3.05) is 45.9 Å². The highest BCUT2D eigenvalue weighted by Gasteiger charge is 2.37. The molecule has 1 heterocycles. The van der Waals surface area contributed by atoms with Crippen molar-refractivity contribution in [1.29, 1.82) is 1.43 Å². The summed E-state index contributed by atoms with van der Waals surface area (Å²) in [7, 11) is 5.08. The molecule has 3 aromatic rings. The number of anilines is 1. The number of methoxy groups -OCH3 is 2. The van der Waals surface area contributed by atoms with Crippen LogP contribution in [0.2, 0.25) is 0 Å². The Balaban J connectivity index is 1.29. The van der Waals surface area contributed by atoms with Gasteiger partial charge in [0.15, 0.2) is 0 Å². The fourth-order valence-corrected chi connectivity index (χ4v) is 5.80. The molecular weight excluding hydrogens is 676 g/mol. The minimum Gasteiger partial charge on any atom is -0.494 e. The Morgan fingerprint density at radius 3 is 2.19 bits per heavy atom. The first-order valence-electron chi connectivity index (χ1n) is 18.1. The molecule has 4 rings (SSSR count). The summed E-state index contributed by atoms with van der Waals surface area (Å²) in [5.74, 6) is 0.0772. The lowest BCUT2D eigenvalue weighted by molar-refractivity contribution is -0.146. The van der Waals surface area contributed by atoms with Gasteiger partial charge in [0, 0.05) is 73.5 Å². The van der Waals surface area contributed by atoms with Gasteiger partial charge in [-0.3, -0.25) is 14.4 Å². The summed E-state index contributed by atoms with van der Waals surface area (Å²) >= 11 is 0. The molecule has 53 heavy (non-hydrogen) atoms. The van der Waals surface area contributed by atoms with E-state index in [2.05, 4.69) is 56.2 Å². The molecule has 0 saturated carbocycles. The molecule has 1 unspecified atom stereocenters. The number of aliphatic hydroxyl groups is 1. The van der Waals surface area contributed by atoms with Gasteiger partial charge < -0.3 is 29.5 Å². The second-order valence-corrected chi connectivity index (χ2v) is 13.3. The molecule has 282 valence electrons. The average Bonchev–Trinajstić information content (AvgIpc) is 3.35. The smallest absolute Gasteiger partial charge is 0.306 e. The lowest BCUT2D eigenvalue weighted by Gasteiger charge is -2.22. The number of Topliss-reactive ketones (excluding diaryl/α,β-unsaturated/α-hetero) is 1. The van der Waals surface area contributed by atoms with Gasteiger partial charge in [0.1, 0.15) is 28.7 Å². The molecule has 0 aromatic heterocycles. The summed E-state index contributed by atoms with van der Waals surface area (Å²) in [6, 6.07) is 16.1. The van der Waals surface area contributed by atoms with Crippen LogP contribution in [-0.2, 0) is 19.7 Å². The normalized spacial score (nSPS) is 14.3. The van der Waals surface area contributed by atoms with Crippen LogP contribution in [-0.4, -0.2) is 65.2 Å². The SMILES string of the molecule is [2H]OCC(CCCCNC(=O)c1ccc(N=Nc2cc(OC)c(N=Nc3ccc4c(c3)C(C)(C)C(=C)N4C)cc2OC)cc1)COC(=O)CCC(=O)CC. The molecule has 1 atom stereocenters. The first-order chi connectivity index (χ1) is 25.9. The third kappa shape index (κ3) is 10.6. The van der Waals surface area contributed by atoms with E-state index in [9.17, 15) is 14.4 Å². The van der Waals surface area contributed by atoms with Gasteiger partial charge in [-0.25, -0.2) is 0 Å². The first-order valence-corrected chi connectivity index (χ1v) is 17.7. The van der Waals surface area contributed by atoms with Crippen molar-refractivity contribution in [2.45, 2.75) is 64.7 Å². The van der Waals surface area contributed by atoms with Gasteiger partial charge >= 0.3 is 5.97 Å². The van der Waals surface area contributed by atoms with E-state index in [1.807, 2.05) is 25.2 Å². The number of ether oxygens (including phenoxy) is 3. The summed E-state index contributed by atoms with van der Waals surface area (Å²) in [6.07, 6.45) is 2.69. The summed E-state index contributed by atoms with van der Waals surface area (Å²) in [5.41, 5.74) is 5.62. The molecular formula is C40H50N6O7. The Hall–Kier alpha value is -5.43. The zero-order valence-corrected chi connectivity index (χ0v) is 31.4. The van der Waals surface area contributed by atoms with Crippen LogP contribution < -0.4 is 19.7 Å². The Bertz CT molecular complexity index is 1860. The number of hydrogen-bond donors (Lipinski definition) is 2. The van der Waals surface area contributed by atoms with Crippen LogP contribution in [0.3, 0.4) is 0 Å². The number of unbranched alkanes of at least 4 members (excludes halogenated alkanes) is 1. The monoisotopic (exact) mass is 727 g/mol. The van der Waals surface area contributed by atoms with Gasteiger partial charge in [-0.2, -0.15) is 10.2 Å². The predicted molar refractivity (Wildman–Crippen MR) is 204 cm³/mol. The molecule has 0 saturated heterocycles. The molecule has 13 heteroatoms. The molecule has 1 amide bonds. The fraction of sp³-hybridized carbons (Fsp3) is 0.425. The number of benzene rings is 3. The van der Waals surface area contributed by atoms with Crippen LogP contribution >= 0.6 is 0 Å². The van der Waals surface area contributed by atoms with Gasteiger partial charge in [-0.05, 0) is 60.9 Å². The lowest BCUT2D eigenvalue weighted by Crippen LogP contribution is -2.24. The number of amides is 1. The number of fused-ring (bicyclic) bond motifs is 1. The summed E-state index contributed by atoms with van der Waals surface area (Å²) < 4.78 is 23.5. The van der Waals surface area contributed by atoms with Gasteiger partial charge in [-0.1, -0.05) is 33.8 Å². The van der Waals surface area contributed by atoms with Crippen molar-refractivity contribution in [3.8, 4) is 11.5 Å². The molecule has 0 radical (unpaired) electrons. The van der Waals surface area contributed by atoms with Crippen LogP contribution in [0.1, 0.15) is 75.2 Å². The highest BCUT2D eigenvalue weighted by atomic mass is 16.5. The highest BCUT2D eigenvalue weighted by Crippen LogP contribution is 2.47. The number of allylic oxidation sites excluding steroid dienone is 1. The van der Waals surface area contributed by atoms with Gasteiger partial charge in [-0.15, -0.1) is 10.2 Å². The van der Waals surface area contributed by atoms with E-state index in [1.54, 1.807) is 43.3 Å². The third-order valence-corrected chi connectivity index (χ3v) is 9.34. The number of carbonyl (C=O) groups is 3. The summed E-state index contributed by atoms with van der Waals surface area (Å²) in [5, 5.41) is 25.1. The second kappa shape index (κ2) is 18.9. The van der Waals surface area contributed by atoms with E-state index in [0.717, 1.165) is 23.4 Å². The topological polar surface area (TPSA) is 164 Å². The van der Waals surface area contributed by atoms with Crippen molar-refractivity contribution in [2.24, 2.45) is 26.4 Å². The number of hydrogen-bond acceptors (Lipinski definition) is 12. The fourth-order valence-electron chi connectivity index (χ4n) is 5.80.